The molecule has 0 bridgehead atoms. The molecule has 0 aliphatic carbocycles. The molecule has 0 saturated carbocycles. The molecule has 1 fully saturated rings. The van der Waals surface area contributed by atoms with E-state index in [1.165, 1.54) is 17.0 Å². The van der Waals surface area contributed by atoms with E-state index in [1.807, 2.05) is 0 Å². The number of carbonyl (C=O) groups excluding carboxylic acids is 2. The van der Waals surface area contributed by atoms with Crippen LogP contribution in [0.2, 0.25) is 0 Å². The number of hydrogen-bond donors (Lipinski definition) is 1. The molecule has 4 rings (SSSR count). The number of rotatable bonds is 4. The first kappa shape index (κ1) is 21.0. The maximum atomic E-state index is 13.0. The number of aliphatic imine (C=N–C) groups is 1. The zero-order chi connectivity index (χ0) is 22.2. The van der Waals surface area contributed by atoms with Gasteiger partial charge in [0.05, 0.1) is 23.0 Å². The molecular formula is C20H16F3N3O4S. The van der Waals surface area contributed by atoms with Gasteiger partial charge in [0.25, 0.3) is 0 Å². The number of benzene rings is 2. The Kier molecular flexibility index (Phi) is 5.52. The van der Waals surface area contributed by atoms with Gasteiger partial charge in [0, 0.05) is 6.42 Å². The van der Waals surface area contributed by atoms with Crippen molar-refractivity contribution in [2.75, 3.05) is 6.79 Å². The second kappa shape index (κ2) is 8.14. The lowest BCUT2D eigenvalue weighted by Crippen LogP contribution is -2.45. The summed E-state index contributed by atoms with van der Waals surface area (Å²) in [6.07, 6.45) is -4.67. The lowest BCUT2D eigenvalue weighted by Gasteiger charge is -2.31. The third kappa shape index (κ3) is 4.61. The van der Waals surface area contributed by atoms with Crippen molar-refractivity contribution in [2.45, 2.75) is 24.4 Å². The molecule has 2 amide bonds. The van der Waals surface area contributed by atoms with Crippen molar-refractivity contribution in [1.82, 2.24) is 4.90 Å². The summed E-state index contributed by atoms with van der Waals surface area (Å²) in [7, 11) is 0. The van der Waals surface area contributed by atoms with E-state index in [9.17, 15) is 22.8 Å². The second-order valence-electron chi connectivity index (χ2n) is 6.82. The molecule has 0 spiro atoms. The van der Waals surface area contributed by atoms with E-state index in [4.69, 9.17) is 15.2 Å². The molecule has 2 aliphatic heterocycles. The Balaban J connectivity index is 1.67. The van der Waals surface area contributed by atoms with Gasteiger partial charge in [-0.25, -0.2) is 4.99 Å². The van der Waals surface area contributed by atoms with Crippen LogP contribution in [0, 0.1) is 0 Å². The minimum Gasteiger partial charge on any atom is -0.454 e. The molecule has 7 nitrogen and oxygen atoms in total. The zero-order valence-corrected chi connectivity index (χ0v) is 16.7. The van der Waals surface area contributed by atoms with Gasteiger partial charge >= 0.3 is 6.18 Å². The maximum Gasteiger partial charge on any atom is 0.416 e. The molecule has 0 aromatic heterocycles. The molecule has 1 saturated heterocycles. The van der Waals surface area contributed by atoms with E-state index in [-0.39, 0.29) is 30.6 Å². The molecule has 2 aromatic rings. The highest BCUT2D eigenvalue weighted by atomic mass is 32.2. The molecule has 2 aliphatic rings. The van der Waals surface area contributed by atoms with Crippen LogP contribution in [0.15, 0.2) is 47.5 Å². The van der Waals surface area contributed by atoms with Crippen molar-refractivity contribution in [1.29, 1.82) is 0 Å². The van der Waals surface area contributed by atoms with Gasteiger partial charge in [0.1, 0.15) is 0 Å². The van der Waals surface area contributed by atoms with Gasteiger partial charge in [-0.2, -0.15) is 13.2 Å². The van der Waals surface area contributed by atoms with E-state index in [1.54, 1.807) is 18.2 Å². The van der Waals surface area contributed by atoms with Gasteiger partial charge in [0.15, 0.2) is 16.7 Å². The minimum absolute atomic E-state index is 0.00549. The topological polar surface area (TPSA) is 94.2 Å². The minimum atomic E-state index is -4.53. The Bertz CT molecular complexity index is 1070. The van der Waals surface area contributed by atoms with Crippen molar-refractivity contribution in [3.05, 3.63) is 53.6 Å². The van der Waals surface area contributed by atoms with E-state index in [0.29, 0.717) is 17.1 Å². The van der Waals surface area contributed by atoms with Gasteiger partial charge in [0.2, 0.25) is 18.6 Å². The van der Waals surface area contributed by atoms with E-state index >= 15 is 0 Å². The number of ether oxygens (including phenoxy) is 2. The van der Waals surface area contributed by atoms with Gasteiger partial charge in [-0.1, -0.05) is 23.9 Å². The lowest BCUT2D eigenvalue weighted by atomic mass is 10.1. The van der Waals surface area contributed by atoms with Crippen LogP contribution in [-0.4, -0.2) is 33.9 Å². The quantitative estimate of drug-likeness (QED) is 0.769. The molecule has 31 heavy (non-hydrogen) atoms. The Morgan fingerprint density at radius 3 is 2.71 bits per heavy atom. The Morgan fingerprint density at radius 2 is 1.97 bits per heavy atom. The molecular weight excluding hydrogens is 435 g/mol. The number of alkyl halides is 3. The Hall–Kier alpha value is -3.21. The Morgan fingerprint density at radius 1 is 1.19 bits per heavy atom. The third-order valence-corrected chi connectivity index (χ3v) is 5.84. The summed E-state index contributed by atoms with van der Waals surface area (Å²) in [6, 6.07) is 9.58. The predicted molar refractivity (Wildman–Crippen MR) is 107 cm³/mol. The average molecular weight is 451 g/mol. The van der Waals surface area contributed by atoms with Crippen molar-refractivity contribution < 1.29 is 32.2 Å². The molecule has 0 radical (unpaired) electrons. The number of nitrogens with two attached hydrogens (primary N) is 1. The standard InChI is InChI=1S/C20H16F3N3O4S/c21-20(22,23)12-2-1-3-13(7-12)25-19-26(17(27)8-16(31-19)18(24)28)9-11-4-5-14-15(6-11)30-10-29-14/h1-7,16H,8-10H2,(H2,24,28)/t16-/m0/s1. The lowest BCUT2D eigenvalue weighted by molar-refractivity contribution is -0.137. The van der Waals surface area contributed by atoms with Crippen LogP contribution in [0.4, 0.5) is 18.9 Å². The van der Waals surface area contributed by atoms with Gasteiger partial charge in [-0.15, -0.1) is 0 Å². The smallest absolute Gasteiger partial charge is 0.416 e. The molecule has 2 aromatic carbocycles. The summed E-state index contributed by atoms with van der Waals surface area (Å²) in [5.41, 5.74) is 5.20. The molecule has 162 valence electrons. The number of amidine groups is 1. The molecule has 2 heterocycles. The van der Waals surface area contributed by atoms with Crippen LogP contribution in [0.25, 0.3) is 0 Å². The van der Waals surface area contributed by atoms with E-state index in [0.717, 1.165) is 23.9 Å². The highest BCUT2D eigenvalue weighted by Gasteiger charge is 2.35. The third-order valence-electron chi connectivity index (χ3n) is 4.63. The first-order chi connectivity index (χ1) is 14.7. The average Bonchev–Trinajstić information content (AvgIpc) is 3.17. The number of thioether (sulfide) groups is 1. The van der Waals surface area contributed by atoms with Crippen molar-refractivity contribution >= 4 is 34.4 Å². The van der Waals surface area contributed by atoms with Crippen LogP contribution >= 0.6 is 11.8 Å². The summed E-state index contributed by atoms with van der Waals surface area (Å²) >= 11 is 0.948. The fourth-order valence-electron chi connectivity index (χ4n) is 3.09. The molecule has 2 N–H and O–H groups in total. The van der Waals surface area contributed by atoms with E-state index in [2.05, 4.69) is 4.99 Å². The number of fused-ring (bicyclic) bond motifs is 1. The maximum absolute atomic E-state index is 13.0. The second-order valence-corrected chi connectivity index (χ2v) is 7.99. The summed E-state index contributed by atoms with van der Waals surface area (Å²) in [6.45, 7) is 0.186. The van der Waals surface area contributed by atoms with Crippen LogP contribution in [0.5, 0.6) is 11.5 Å². The van der Waals surface area contributed by atoms with Crippen LogP contribution in [0.1, 0.15) is 17.5 Å². The molecule has 1 atom stereocenters. The molecule has 0 unspecified atom stereocenters. The fraction of sp³-hybridized carbons (Fsp3) is 0.250. The van der Waals surface area contributed by atoms with Crippen LogP contribution in [-0.2, 0) is 22.3 Å². The number of hydrogen-bond acceptors (Lipinski definition) is 6. The SMILES string of the molecule is NC(=O)[C@@H]1CC(=O)N(Cc2ccc3c(c2)OCO3)C(=Nc2cccc(C(F)(F)F)c2)S1. The first-order valence-electron chi connectivity index (χ1n) is 9.11. The number of primary amides is 1. The van der Waals surface area contributed by atoms with Crippen molar-refractivity contribution in [3.63, 3.8) is 0 Å². The zero-order valence-electron chi connectivity index (χ0n) is 15.9. The summed E-state index contributed by atoms with van der Waals surface area (Å²) in [5, 5.41) is -0.762. The largest absolute Gasteiger partial charge is 0.454 e. The van der Waals surface area contributed by atoms with Crippen LogP contribution < -0.4 is 15.2 Å². The summed E-state index contributed by atoms with van der Waals surface area (Å²) < 4.78 is 49.8. The first-order valence-corrected chi connectivity index (χ1v) is 9.99. The van der Waals surface area contributed by atoms with Crippen LogP contribution in [0.3, 0.4) is 0 Å². The normalized spacial score (nSPS) is 19.7. The summed E-state index contributed by atoms with van der Waals surface area (Å²) in [4.78, 5) is 30.0. The van der Waals surface area contributed by atoms with Gasteiger partial charge < -0.3 is 15.2 Å². The van der Waals surface area contributed by atoms with E-state index < -0.39 is 28.8 Å². The summed E-state index contributed by atoms with van der Waals surface area (Å²) in [5.74, 6) is -0.000463. The number of nitrogens with zero attached hydrogens (tertiary/aromatic N) is 2. The van der Waals surface area contributed by atoms with Gasteiger partial charge in [-0.3, -0.25) is 14.5 Å². The number of halogens is 3. The van der Waals surface area contributed by atoms with Gasteiger partial charge in [-0.05, 0) is 35.9 Å². The fourth-order valence-corrected chi connectivity index (χ4v) is 4.14. The highest BCUT2D eigenvalue weighted by molar-refractivity contribution is 8.15. The number of amides is 2. The van der Waals surface area contributed by atoms with Crippen molar-refractivity contribution in [2.24, 2.45) is 10.7 Å². The number of carbonyl (C=O) groups is 2. The predicted octanol–water partition coefficient (Wildman–Crippen LogP) is 3.44. The highest BCUT2D eigenvalue weighted by Crippen LogP contribution is 2.36. The monoisotopic (exact) mass is 451 g/mol. The molecule has 11 heteroatoms. The van der Waals surface area contributed by atoms with Crippen molar-refractivity contribution in [3.8, 4) is 11.5 Å². The Labute approximate surface area is 179 Å².